The minimum absolute atomic E-state index is 0.111. The van der Waals surface area contributed by atoms with E-state index in [0.717, 1.165) is 49.2 Å². The Balaban J connectivity index is 1.60. The molecule has 3 aromatic heterocycles. The predicted molar refractivity (Wildman–Crippen MR) is 143 cm³/mol. The summed E-state index contributed by atoms with van der Waals surface area (Å²) < 4.78 is 1.81. The normalized spacial score (nSPS) is 19.6. The second kappa shape index (κ2) is 10.2. The molecule has 186 valence electrons. The topological polar surface area (TPSA) is 86.2 Å². The van der Waals surface area contributed by atoms with Crippen molar-refractivity contribution in [3.05, 3.63) is 58.0 Å². The minimum Gasteiger partial charge on any atom is -0.349 e. The average Bonchev–Trinajstić information content (AvgIpc) is 3.38. The second-order valence-corrected chi connectivity index (χ2v) is 9.96. The summed E-state index contributed by atoms with van der Waals surface area (Å²) in [4.78, 5) is 14.5. The van der Waals surface area contributed by atoms with Gasteiger partial charge in [0, 0.05) is 46.8 Å². The molecule has 4 heterocycles. The smallest absolute Gasteiger partial charge is 0.257 e. The van der Waals surface area contributed by atoms with Crippen LogP contribution in [0.15, 0.2) is 36.7 Å². The van der Waals surface area contributed by atoms with Crippen LogP contribution in [0.1, 0.15) is 57.3 Å². The van der Waals surface area contributed by atoms with Crippen molar-refractivity contribution in [3.8, 4) is 6.07 Å². The second-order valence-electron chi connectivity index (χ2n) is 9.15. The van der Waals surface area contributed by atoms with E-state index in [1.165, 1.54) is 0 Å². The molecule has 0 radical (unpaired) electrons. The van der Waals surface area contributed by atoms with Gasteiger partial charge < -0.3 is 4.90 Å². The Morgan fingerprint density at radius 2 is 1.78 bits per heavy atom. The summed E-state index contributed by atoms with van der Waals surface area (Å²) in [7, 11) is 0. The van der Waals surface area contributed by atoms with Gasteiger partial charge in [-0.3, -0.25) is 9.30 Å². The zero-order chi connectivity index (χ0) is 25.4. The lowest BCUT2D eigenvalue weighted by atomic mass is 9.94. The van der Waals surface area contributed by atoms with E-state index >= 15 is 0 Å². The highest BCUT2D eigenvalue weighted by Crippen LogP contribution is 2.40. The van der Waals surface area contributed by atoms with Crippen molar-refractivity contribution in [2.75, 3.05) is 18.0 Å². The first-order valence-corrected chi connectivity index (χ1v) is 13.1. The molecule has 0 N–H and O–H groups in total. The largest absolute Gasteiger partial charge is 0.349 e. The molecule has 10 heteroatoms. The molecule has 1 fully saturated rings. The number of aromatic nitrogens is 5. The highest BCUT2D eigenvalue weighted by molar-refractivity contribution is 6.36. The number of piperazine rings is 1. The number of nitrogens with zero attached hydrogens (tertiary/aromatic N) is 8. The molecule has 1 aliphatic rings. The van der Waals surface area contributed by atoms with Gasteiger partial charge in [-0.15, -0.1) is 10.2 Å². The number of hydrogen-bond donors (Lipinski definition) is 0. The Morgan fingerprint density at radius 1 is 1.03 bits per heavy atom. The molecule has 1 aliphatic heterocycles. The van der Waals surface area contributed by atoms with Crippen molar-refractivity contribution in [1.82, 2.24) is 29.5 Å². The van der Waals surface area contributed by atoms with Crippen LogP contribution < -0.4 is 4.90 Å². The Morgan fingerprint density at radius 3 is 2.44 bits per heavy atom. The molecule has 3 atom stereocenters. The van der Waals surface area contributed by atoms with Crippen LogP contribution in [0.2, 0.25) is 10.0 Å². The van der Waals surface area contributed by atoms with Gasteiger partial charge in [0.1, 0.15) is 23.6 Å². The number of nitriles is 1. The first kappa shape index (κ1) is 24.7. The van der Waals surface area contributed by atoms with Gasteiger partial charge in [0.25, 0.3) is 5.78 Å². The number of pyridine rings is 1. The van der Waals surface area contributed by atoms with E-state index in [1.807, 2.05) is 28.7 Å². The monoisotopic (exact) mass is 522 g/mol. The number of halogens is 2. The van der Waals surface area contributed by atoms with Crippen LogP contribution in [-0.2, 0) is 0 Å². The van der Waals surface area contributed by atoms with Crippen LogP contribution in [0.4, 0.5) is 5.82 Å². The summed E-state index contributed by atoms with van der Waals surface area (Å²) in [5, 5.41) is 19.2. The number of hydrogen-bond acceptors (Lipinski definition) is 7. The molecule has 36 heavy (non-hydrogen) atoms. The Labute approximate surface area is 220 Å². The van der Waals surface area contributed by atoms with Gasteiger partial charge in [0.2, 0.25) is 0 Å². The van der Waals surface area contributed by atoms with Crippen LogP contribution in [-0.4, -0.2) is 54.6 Å². The molecule has 0 saturated carbocycles. The fourth-order valence-electron chi connectivity index (χ4n) is 5.46. The quantitative estimate of drug-likeness (QED) is 0.321. The van der Waals surface area contributed by atoms with Crippen LogP contribution in [0, 0.1) is 11.3 Å². The molecule has 1 saturated heterocycles. The molecule has 0 bridgehead atoms. The van der Waals surface area contributed by atoms with E-state index in [1.54, 1.807) is 12.4 Å². The van der Waals surface area contributed by atoms with Crippen molar-refractivity contribution < 1.29 is 0 Å². The summed E-state index contributed by atoms with van der Waals surface area (Å²) in [6, 6.07) is 12.0. The molecular formula is C26H28Cl2N8. The van der Waals surface area contributed by atoms with E-state index in [-0.39, 0.29) is 18.1 Å². The highest BCUT2D eigenvalue weighted by atomic mass is 35.5. The first-order chi connectivity index (χ1) is 17.5. The van der Waals surface area contributed by atoms with Gasteiger partial charge in [-0.2, -0.15) is 10.2 Å². The summed E-state index contributed by atoms with van der Waals surface area (Å²) >= 11 is 13.3. The maximum atomic E-state index is 9.52. The average molecular weight is 523 g/mol. The first-order valence-electron chi connectivity index (χ1n) is 12.4. The van der Waals surface area contributed by atoms with E-state index in [2.05, 4.69) is 51.8 Å². The van der Waals surface area contributed by atoms with E-state index < -0.39 is 0 Å². The van der Waals surface area contributed by atoms with Crippen molar-refractivity contribution in [3.63, 3.8) is 0 Å². The summed E-state index contributed by atoms with van der Waals surface area (Å²) in [5.41, 5.74) is 2.87. The number of benzene rings is 1. The van der Waals surface area contributed by atoms with Gasteiger partial charge in [0.05, 0.1) is 5.52 Å². The fraction of sp³-hybridized carbons (Fsp3) is 0.423. The van der Waals surface area contributed by atoms with Gasteiger partial charge in [-0.25, -0.2) is 4.98 Å². The molecule has 1 aromatic carbocycles. The zero-order valence-corrected chi connectivity index (χ0v) is 22.1. The highest BCUT2D eigenvalue weighted by Gasteiger charge is 2.38. The summed E-state index contributed by atoms with van der Waals surface area (Å²) in [5.74, 6) is 1.26. The molecule has 5 rings (SSSR count). The molecular weight excluding hydrogens is 495 g/mol. The van der Waals surface area contributed by atoms with Gasteiger partial charge in [-0.05, 0) is 43.5 Å². The van der Waals surface area contributed by atoms with Crippen LogP contribution >= 0.6 is 23.2 Å². The van der Waals surface area contributed by atoms with Crippen molar-refractivity contribution in [2.24, 2.45) is 0 Å². The molecule has 0 spiro atoms. The maximum absolute atomic E-state index is 9.52. The third kappa shape index (κ3) is 4.15. The van der Waals surface area contributed by atoms with Crippen molar-refractivity contribution >= 4 is 45.8 Å². The standard InChI is InChI=1S/C26H28Cl2N8/c1-4-17-14-35(18(5-2)13-34(17)21(6-3)23-19(27)8-7-9-20(23)28)25-24-22(11-10-16(12-29)31-24)36-15-30-33-26(36)32-25/h7-11,15,17-18,21H,4-6,13-14H2,1-3H3/t17-,18+,21+/m1/s1. The predicted octanol–water partition coefficient (Wildman–Crippen LogP) is 5.68. The van der Waals surface area contributed by atoms with E-state index in [4.69, 9.17) is 28.2 Å². The third-order valence-electron chi connectivity index (χ3n) is 7.27. The molecule has 4 aromatic rings. The lowest BCUT2D eigenvalue weighted by Gasteiger charge is -2.50. The number of fused-ring (bicyclic) bond motifs is 3. The third-order valence-corrected chi connectivity index (χ3v) is 7.93. The van der Waals surface area contributed by atoms with Gasteiger partial charge in [-0.1, -0.05) is 50.0 Å². The van der Waals surface area contributed by atoms with E-state index in [0.29, 0.717) is 27.0 Å². The van der Waals surface area contributed by atoms with Crippen molar-refractivity contribution in [1.29, 1.82) is 5.26 Å². The zero-order valence-electron chi connectivity index (χ0n) is 20.6. The van der Waals surface area contributed by atoms with Gasteiger partial charge in [0.15, 0.2) is 5.82 Å². The van der Waals surface area contributed by atoms with Crippen molar-refractivity contribution in [2.45, 2.75) is 58.2 Å². The molecule has 8 nitrogen and oxygen atoms in total. The Bertz CT molecular complexity index is 1430. The minimum atomic E-state index is 0.111. The van der Waals surface area contributed by atoms with Crippen LogP contribution in [0.5, 0.6) is 0 Å². The summed E-state index contributed by atoms with van der Waals surface area (Å²) in [6.45, 7) is 8.18. The molecule has 0 aliphatic carbocycles. The van der Waals surface area contributed by atoms with E-state index in [9.17, 15) is 5.26 Å². The van der Waals surface area contributed by atoms with Crippen LogP contribution in [0.25, 0.3) is 16.8 Å². The van der Waals surface area contributed by atoms with Gasteiger partial charge >= 0.3 is 0 Å². The number of anilines is 1. The van der Waals surface area contributed by atoms with Crippen LogP contribution in [0.3, 0.4) is 0 Å². The Hall–Kier alpha value is -2.99. The SMILES string of the molecule is CC[C@H]1CN([C@@H](CC)c2c(Cl)cccc2Cl)[C@H](CC)CN1c1nc2nncn2c2ccc(C#N)nc12. The summed E-state index contributed by atoms with van der Waals surface area (Å²) in [6.07, 6.45) is 4.40. The maximum Gasteiger partial charge on any atom is 0.257 e. The Kier molecular flexibility index (Phi) is 6.98. The molecule has 0 amide bonds. The number of rotatable bonds is 6. The molecule has 0 unspecified atom stereocenters. The lowest BCUT2D eigenvalue weighted by Crippen LogP contribution is -2.59. The fourth-order valence-corrected chi connectivity index (χ4v) is 6.11. The lowest BCUT2D eigenvalue weighted by molar-refractivity contribution is 0.0897.